The Labute approximate surface area is 140 Å². The van der Waals surface area contributed by atoms with Gasteiger partial charge in [-0.15, -0.1) is 0 Å². The summed E-state index contributed by atoms with van der Waals surface area (Å²) in [5.74, 6) is 0.347. The lowest BCUT2D eigenvalue weighted by Crippen LogP contribution is -2.40. The van der Waals surface area contributed by atoms with Crippen molar-refractivity contribution in [3.63, 3.8) is 0 Å². The summed E-state index contributed by atoms with van der Waals surface area (Å²) < 4.78 is 0. The molecule has 0 saturated heterocycles. The maximum Gasteiger partial charge on any atom is 0.220 e. The quantitative estimate of drug-likeness (QED) is 0.787. The molecule has 0 aromatic rings. The number of carbonyl (C=O) groups excluding carboxylic acids is 2. The Hall–Kier alpha value is -1.06. The molecule has 0 aromatic carbocycles. The van der Waals surface area contributed by atoms with E-state index in [2.05, 4.69) is 10.6 Å². The molecule has 4 heteroatoms. The van der Waals surface area contributed by atoms with E-state index in [1.165, 1.54) is 25.7 Å². The third kappa shape index (κ3) is 4.71. The van der Waals surface area contributed by atoms with Crippen LogP contribution in [0.25, 0.3) is 0 Å². The van der Waals surface area contributed by atoms with Gasteiger partial charge in [-0.05, 0) is 43.9 Å². The van der Waals surface area contributed by atoms with Gasteiger partial charge in [-0.25, -0.2) is 0 Å². The highest BCUT2D eigenvalue weighted by Crippen LogP contribution is 2.44. The second-order valence-electron chi connectivity index (χ2n) is 8.16. The van der Waals surface area contributed by atoms with Gasteiger partial charge in [0.25, 0.3) is 0 Å². The summed E-state index contributed by atoms with van der Waals surface area (Å²) in [4.78, 5) is 24.9. The van der Waals surface area contributed by atoms with Crippen molar-refractivity contribution in [1.29, 1.82) is 0 Å². The van der Waals surface area contributed by atoms with Crippen molar-refractivity contribution >= 4 is 11.8 Å². The van der Waals surface area contributed by atoms with E-state index in [4.69, 9.17) is 0 Å². The van der Waals surface area contributed by atoms with Gasteiger partial charge >= 0.3 is 0 Å². The highest BCUT2D eigenvalue weighted by Gasteiger charge is 2.38. The van der Waals surface area contributed by atoms with Crippen LogP contribution in [0.5, 0.6) is 0 Å². The summed E-state index contributed by atoms with van der Waals surface area (Å²) >= 11 is 0. The van der Waals surface area contributed by atoms with Gasteiger partial charge in [0.1, 0.15) is 0 Å². The lowest BCUT2D eigenvalue weighted by atomic mass is 9.78. The summed E-state index contributed by atoms with van der Waals surface area (Å²) in [7, 11) is 0. The molecule has 23 heavy (non-hydrogen) atoms. The predicted molar refractivity (Wildman–Crippen MR) is 90.9 cm³/mol. The average Bonchev–Trinajstić information content (AvgIpc) is 3.22. The highest BCUT2D eigenvalue weighted by atomic mass is 16.2. The average molecular weight is 320 g/mol. The lowest BCUT2D eigenvalue weighted by molar-refractivity contribution is -0.127. The van der Waals surface area contributed by atoms with Crippen LogP contribution in [0, 0.1) is 5.41 Å². The SMILES string of the molecule is O=C(CC1(CC(=O)NC2CCCC2)CCCC1)NC1CCCC1. The normalized spacial score (nSPS) is 24.9. The molecule has 0 radical (unpaired) electrons. The molecule has 3 rings (SSSR count). The topological polar surface area (TPSA) is 58.2 Å². The van der Waals surface area contributed by atoms with E-state index in [0.717, 1.165) is 51.4 Å². The van der Waals surface area contributed by atoms with Crippen LogP contribution in [0.15, 0.2) is 0 Å². The molecule has 0 atom stereocenters. The minimum Gasteiger partial charge on any atom is -0.353 e. The standard InChI is InChI=1S/C19H32N2O2/c22-17(20-15-7-1-2-8-15)13-19(11-5-6-12-19)14-18(23)21-16-9-3-4-10-16/h15-16H,1-14H2,(H,20,22)(H,21,23). The molecule has 0 aromatic heterocycles. The Kier molecular flexibility index (Phi) is 5.60. The molecule has 3 saturated carbocycles. The van der Waals surface area contributed by atoms with Gasteiger partial charge in [-0.2, -0.15) is 0 Å². The molecule has 130 valence electrons. The predicted octanol–water partition coefficient (Wildman–Crippen LogP) is 3.44. The van der Waals surface area contributed by atoms with Crippen LogP contribution in [-0.4, -0.2) is 23.9 Å². The third-order valence-corrected chi connectivity index (χ3v) is 6.18. The molecule has 0 spiro atoms. The first kappa shape index (κ1) is 16.8. The van der Waals surface area contributed by atoms with Crippen LogP contribution in [0.1, 0.15) is 89.9 Å². The second kappa shape index (κ2) is 7.67. The van der Waals surface area contributed by atoms with Crippen molar-refractivity contribution in [3.8, 4) is 0 Å². The van der Waals surface area contributed by atoms with Crippen molar-refractivity contribution in [1.82, 2.24) is 10.6 Å². The van der Waals surface area contributed by atoms with E-state index >= 15 is 0 Å². The van der Waals surface area contributed by atoms with Crippen LogP contribution in [0.2, 0.25) is 0 Å². The molecule has 2 N–H and O–H groups in total. The highest BCUT2D eigenvalue weighted by molar-refractivity contribution is 5.80. The maximum absolute atomic E-state index is 12.4. The van der Waals surface area contributed by atoms with Crippen molar-refractivity contribution < 1.29 is 9.59 Å². The molecule has 3 aliphatic rings. The fraction of sp³-hybridized carbons (Fsp3) is 0.895. The summed E-state index contributed by atoms with van der Waals surface area (Å²) in [6.07, 6.45) is 14.9. The number of hydrogen-bond donors (Lipinski definition) is 2. The van der Waals surface area contributed by atoms with Crippen LogP contribution < -0.4 is 10.6 Å². The van der Waals surface area contributed by atoms with E-state index in [9.17, 15) is 9.59 Å². The third-order valence-electron chi connectivity index (χ3n) is 6.18. The van der Waals surface area contributed by atoms with Gasteiger partial charge in [0.2, 0.25) is 11.8 Å². The van der Waals surface area contributed by atoms with Crippen LogP contribution >= 0.6 is 0 Å². The Morgan fingerprint density at radius 1 is 0.696 bits per heavy atom. The Balaban J connectivity index is 1.51. The monoisotopic (exact) mass is 320 g/mol. The van der Waals surface area contributed by atoms with Gasteiger partial charge in [-0.1, -0.05) is 38.5 Å². The summed E-state index contributed by atoms with van der Waals surface area (Å²) in [5.41, 5.74) is -0.0780. The second-order valence-corrected chi connectivity index (χ2v) is 8.16. The molecule has 0 bridgehead atoms. The zero-order valence-corrected chi connectivity index (χ0v) is 14.4. The minimum absolute atomic E-state index is 0.0780. The van der Waals surface area contributed by atoms with Gasteiger partial charge < -0.3 is 10.6 Å². The van der Waals surface area contributed by atoms with E-state index < -0.39 is 0 Å². The van der Waals surface area contributed by atoms with Crippen molar-refractivity contribution in [2.75, 3.05) is 0 Å². The minimum atomic E-state index is -0.0780. The fourth-order valence-corrected chi connectivity index (χ4v) is 4.92. The molecule has 2 amide bonds. The number of hydrogen-bond acceptors (Lipinski definition) is 2. The first-order valence-corrected chi connectivity index (χ1v) is 9.74. The number of amides is 2. The van der Waals surface area contributed by atoms with E-state index in [1.54, 1.807) is 0 Å². The van der Waals surface area contributed by atoms with Gasteiger partial charge in [0, 0.05) is 24.9 Å². The number of rotatable bonds is 6. The zero-order chi connectivity index (χ0) is 16.1. The molecule has 0 unspecified atom stereocenters. The first-order chi connectivity index (χ1) is 11.2. The number of carbonyl (C=O) groups is 2. The smallest absolute Gasteiger partial charge is 0.220 e. The Bertz CT molecular complexity index is 383. The molecule has 3 aliphatic carbocycles. The summed E-state index contributed by atoms with van der Waals surface area (Å²) in [5, 5.41) is 6.41. The van der Waals surface area contributed by atoms with E-state index in [1.807, 2.05) is 0 Å². The molecular formula is C19H32N2O2. The van der Waals surface area contributed by atoms with Gasteiger partial charge in [0.15, 0.2) is 0 Å². The molecule has 0 heterocycles. The van der Waals surface area contributed by atoms with Crippen LogP contribution in [0.4, 0.5) is 0 Å². The van der Waals surface area contributed by atoms with Crippen LogP contribution in [-0.2, 0) is 9.59 Å². The van der Waals surface area contributed by atoms with Crippen molar-refractivity contribution in [2.24, 2.45) is 5.41 Å². The molecule has 4 nitrogen and oxygen atoms in total. The maximum atomic E-state index is 12.4. The first-order valence-electron chi connectivity index (χ1n) is 9.74. The zero-order valence-electron chi connectivity index (χ0n) is 14.4. The lowest BCUT2D eigenvalue weighted by Gasteiger charge is -2.29. The molecular weight excluding hydrogens is 288 g/mol. The van der Waals surface area contributed by atoms with E-state index in [-0.39, 0.29) is 17.2 Å². The van der Waals surface area contributed by atoms with Gasteiger partial charge in [0.05, 0.1) is 0 Å². The van der Waals surface area contributed by atoms with E-state index in [0.29, 0.717) is 24.9 Å². The van der Waals surface area contributed by atoms with Gasteiger partial charge in [-0.3, -0.25) is 9.59 Å². The van der Waals surface area contributed by atoms with Crippen molar-refractivity contribution in [2.45, 2.75) is 102 Å². The largest absolute Gasteiger partial charge is 0.353 e. The molecule has 3 fully saturated rings. The van der Waals surface area contributed by atoms with Crippen molar-refractivity contribution in [3.05, 3.63) is 0 Å². The fourth-order valence-electron chi connectivity index (χ4n) is 4.92. The summed E-state index contributed by atoms with van der Waals surface area (Å²) in [6.45, 7) is 0. The Morgan fingerprint density at radius 3 is 1.48 bits per heavy atom. The van der Waals surface area contributed by atoms with Crippen LogP contribution in [0.3, 0.4) is 0 Å². The molecule has 0 aliphatic heterocycles. The number of nitrogens with one attached hydrogen (secondary N) is 2. The summed E-state index contributed by atoms with van der Waals surface area (Å²) in [6, 6.07) is 0.765. The Morgan fingerprint density at radius 2 is 1.09 bits per heavy atom.